The van der Waals surface area contributed by atoms with E-state index < -0.39 is 0 Å². The van der Waals surface area contributed by atoms with E-state index in [2.05, 4.69) is 33.1 Å². The summed E-state index contributed by atoms with van der Waals surface area (Å²) >= 11 is 1.99. The second kappa shape index (κ2) is 5.41. The van der Waals surface area contributed by atoms with Crippen LogP contribution in [0.15, 0.2) is 29.4 Å². The molecule has 20 heavy (non-hydrogen) atoms. The topological polar surface area (TPSA) is 19.4 Å². The van der Waals surface area contributed by atoms with Crippen LogP contribution in [0.4, 0.5) is 5.82 Å². The van der Waals surface area contributed by atoms with E-state index in [0.29, 0.717) is 0 Å². The van der Waals surface area contributed by atoms with Gasteiger partial charge in [-0.25, -0.2) is 4.98 Å². The molecule has 0 atom stereocenters. The Balaban J connectivity index is 1.47. The van der Waals surface area contributed by atoms with Gasteiger partial charge in [0.2, 0.25) is 0 Å². The van der Waals surface area contributed by atoms with E-state index in [4.69, 9.17) is 0 Å². The zero-order valence-electron chi connectivity index (χ0n) is 11.8. The third-order valence-electron chi connectivity index (χ3n) is 4.34. The molecule has 2 fully saturated rings. The van der Waals surface area contributed by atoms with Crippen LogP contribution in [-0.4, -0.2) is 28.9 Å². The van der Waals surface area contributed by atoms with Crippen LogP contribution in [-0.2, 0) is 6.54 Å². The van der Waals surface area contributed by atoms with Crippen LogP contribution in [0.5, 0.6) is 0 Å². The molecule has 1 aromatic rings. The zero-order chi connectivity index (χ0) is 13.4. The van der Waals surface area contributed by atoms with Crippen molar-refractivity contribution >= 4 is 17.6 Å². The van der Waals surface area contributed by atoms with E-state index in [0.717, 1.165) is 24.2 Å². The highest BCUT2D eigenvalue weighted by Crippen LogP contribution is 2.45. The molecule has 1 aromatic heterocycles. The first-order valence-electron chi connectivity index (χ1n) is 7.67. The van der Waals surface area contributed by atoms with Crippen LogP contribution in [0.25, 0.3) is 0 Å². The Labute approximate surface area is 125 Å². The zero-order valence-corrected chi connectivity index (χ0v) is 12.6. The average molecular weight is 287 g/mol. The van der Waals surface area contributed by atoms with Crippen LogP contribution in [0.2, 0.25) is 0 Å². The second-order valence-corrected chi connectivity index (χ2v) is 7.07. The van der Waals surface area contributed by atoms with Crippen LogP contribution >= 0.6 is 11.8 Å². The number of rotatable bonds is 4. The molecule has 0 N–H and O–H groups in total. The third-order valence-corrected chi connectivity index (χ3v) is 5.52. The molecule has 0 radical (unpaired) electrons. The number of hydrogen-bond acceptors (Lipinski definition) is 4. The predicted molar refractivity (Wildman–Crippen MR) is 84.5 cm³/mol. The lowest BCUT2D eigenvalue weighted by atomic mass is 10.2. The normalized spacial score (nSPS) is 23.4. The van der Waals surface area contributed by atoms with Gasteiger partial charge in [0.05, 0.1) is 5.88 Å². The largest absolute Gasteiger partial charge is 0.322 e. The SMILES string of the molecule is C1=C(C2CC2)SCN1c1cc(CN2CCCC2)ccn1. The van der Waals surface area contributed by atoms with Crippen molar-refractivity contribution in [3.63, 3.8) is 0 Å². The summed E-state index contributed by atoms with van der Waals surface area (Å²) in [5.41, 5.74) is 1.40. The molecular weight excluding hydrogens is 266 g/mol. The molecule has 3 aliphatic rings. The van der Waals surface area contributed by atoms with Crippen LogP contribution < -0.4 is 4.90 Å². The molecule has 1 saturated carbocycles. The molecule has 0 amide bonds. The van der Waals surface area contributed by atoms with E-state index in [-0.39, 0.29) is 0 Å². The van der Waals surface area contributed by atoms with Crippen molar-refractivity contribution in [1.82, 2.24) is 9.88 Å². The monoisotopic (exact) mass is 287 g/mol. The Hall–Kier alpha value is -1.00. The Kier molecular flexibility index (Phi) is 3.44. The van der Waals surface area contributed by atoms with Crippen molar-refractivity contribution in [2.75, 3.05) is 23.9 Å². The molecule has 4 rings (SSSR count). The maximum Gasteiger partial charge on any atom is 0.133 e. The van der Waals surface area contributed by atoms with E-state index in [1.807, 2.05) is 18.0 Å². The maximum atomic E-state index is 4.56. The highest BCUT2D eigenvalue weighted by atomic mass is 32.2. The van der Waals surface area contributed by atoms with Crippen molar-refractivity contribution in [2.45, 2.75) is 32.2 Å². The van der Waals surface area contributed by atoms with Gasteiger partial charge in [-0.3, -0.25) is 4.90 Å². The summed E-state index contributed by atoms with van der Waals surface area (Å²) in [6, 6.07) is 4.43. The van der Waals surface area contributed by atoms with Crippen molar-refractivity contribution in [2.24, 2.45) is 5.92 Å². The first-order valence-corrected chi connectivity index (χ1v) is 8.65. The standard InChI is InChI=1S/C16H21N3S/c1-2-8-18(7-1)10-13-5-6-17-16(9-13)19-11-15(20-12-19)14-3-4-14/h5-6,9,11,14H,1-4,7-8,10,12H2. The summed E-state index contributed by atoms with van der Waals surface area (Å²) in [6.07, 6.45) is 9.77. The van der Waals surface area contributed by atoms with Gasteiger partial charge < -0.3 is 4.90 Å². The number of nitrogens with zero attached hydrogens (tertiary/aromatic N) is 3. The summed E-state index contributed by atoms with van der Waals surface area (Å²) in [5.74, 6) is 3.01. The number of pyridine rings is 1. The molecule has 0 aromatic carbocycles. The van der Waals surface area contributed by atoms with Crippen LogP contribution in [0.1, 0.15) is 31.2 Å². The van der Waals surface area contributed by atoms with Gasteiger partial charge in [-0.2, -0.15) is 0 Å². The lowest BCUT2D eigenvalue weighted by Gasteiger charge is -2.17. The van der Waals surface area contributed by atoms with Crippen LogP contribution in [0, 0.1) is 5.92 Å². The van der Waals surface area contributed by atoms with E-state index in [1.165, 1.54) is 44.3 Å². The number of likely N-dealkylation sites (tertiary alicyclic amines) is 1. The van der Waals surface area contributed by atoms with Crippen LogP contribution in [0.3, 0.4) is 0 Å². The molecule has 0 spiro atoms. The smallest absolute Gasteiger partial charge is 0.133 e. The molecule has 0 bridgehead atoms. The van der Waals surface area contributed by atoms with Crippen molar-refractivity contribution in [1.29, 1.82) is 0 Å². The molecular formula is C16H21N3S. The minimum Gasteiger partial charge on any atom is -0.322 e. The summed E-state index contributed by atoms with van der Waals surface area (Å²) in [4.78, 5) is 11.0. The maximum absolute atomic E-state index is 4.56. The second-order valence-electron chi connectivity index (χ2n) is 6.05. The lowest BCUT2D eigenvalue weighted by molar-refractivity contribution is 0.331. The summed E-state index contributed by atoms with van der Waals surface area (Å²) in [6.45, 7) is 3.58. The fourth-order valence-electron chi connectivity index (χ4n) is 3.01. The molecule has 1 saturated heterocycles. The summed E-state index contributed by atoms with van der Waals surface area (Å²) in [7, 11) is 0. The van der Waals surface area contributed by atoms with Gasteiger partial charge >= 0.3 is 0 Å². The molecule has 3 nitrogen and oxygen atoms in total. The Bertz CT molecular complexity index is 518. The number of hydrogen-bond donors (Lipinski definition) is 0. The summed E-state index contributed by atoms with van der Waals surface area (Å²) in [5, 5.41) is 0. The Morgan fingerprint density at radius 3 is 2.90 bits per heavy atom. The van der Waals surface area contributed by atoms with E-state index >= 15 is 0 Å². The average Bonchev–Trinajstić information content (AvgIpc) is 3.00. The van der Waals surface area contributed by atoms with E-state index in [9.17, 15) is 0 Å². The fourth-order valence-corrected chi connectivity index (χ4v) is 4.18. The molecule has 106 valence electrons. The van der Waals surface area contributed by atoms with Gasteiger partial charge in [0, 0.05) is 23.8 Å². The van der Waals surface area contributed by atoms with Gasteiger partial charge in [-0.05, 0) is 62.4 Å². The number of aromatic nitrogens is 1. The quantitative estimate of drug-likeness (QED) is 0.844. The number of anilines is 1. The minimum atomic E-state index is 0.859. The van der Waals surface area contributed by atoms with E-state index in [1.54, 1.807) is 4.91 Å². The summed E-state index contributed by atoms with van der Waals surface area (Å²) < 4.78 is 0. The molecule has 3 heterocycles. The molecule has 2 aliphatic heterocycles. The fraction of sp³-hybridized carbons (Fsp3) is 0.562. The predicted octanol–water partition coefficient (Wildman–Crippen LogP) is 3.44. The van der Waals surface area contributed by atoms with Gasteiger partial charge in [0.15, 0.2) is 0 Å². The molecule has 4 heteroatoms. The third kappa shape index (κ3) is 2.72. The van der Waals surface area contributed by atoms with Gasteiger partial charge in [0.1, 0.15) is 5.82 Å². The molecule has 0 unspecified atom stereocenters. The first kappa shape index (κ1) is 12.7. The Morgan fingerprint density at radius 1 is 1.25 bits per heavy atom. The minimum absolute atomic E-state index is 0.859. The van der Waals surface area contributed by atoms with Crippen molar-refractivity contribution < 1.29 is 0 Å². The van der Waals surface area contributed by atoms with Crippen molar-refractivity contribution in [3.05, 3.63) is 35.0 Å². The highest BCUT2D eigenvalue weighted by Gasteiger charge is 2.30. The Morgan fingerprint density at radius 2 is 2.10 bits per heavy atom. The molecule has 1 aliphatic carbocycles. The number of thioether (sulfide) groups is 1. The van der Waals surface area contributed by atoms with Crippen molar-refractivity contribution in [3.8, 4) is 0 Å². The number of allylic oxidation sites excluding steroid dienone is 1. The first-order chi connectivity index (χ1) is 9.88. The lowest BCUT2D eigenvalue weighted by Crippen LogP contribution is -2.19. The van der Waals surface area contributed by atoms with Gasteiger partial charge in [-0.15, -0.1) is 11.8 Å². The van der Waals surface area contributed by atoms with Gasteiger partial charge in [0.25, 0.3) is 0 Å². The highest BCUT2D eigenvalue weighted by molar-refractivity contribution is 8.03. The van der Waals surface area contributed by atoms with Gasteiger partial charge in [-0.1, -0.05) is 0 Å².